The number of nitrogens with zero attached hydrogens (tertiary/aromatic N) is 1. The molecular formula is C26H23ClFNO5S. The van der Waals surface area contributed by atoms with E-state index in [1.807, 2.05) is 13.0 Å². The van der Waals surface area contributed by atoms with Gasteiger partial charge >= 0.3 is 5.97 Å². The summed E-state index contributed by atoms with van der Waals surface area (Å²) in [5, 5.41) is 9.07. The third-order valence-corrected chi connectivity index (χ3v) is 7.78. The van der Waals surface area contributed by atoms with Crippen LogP contribution in [0.25, 0.3) is 12.2 Å². The largest absolute Gasteiger partial charge is 0.486 e. The first-order valence-corrected chi connectivity index (χ1v) is 12.7. The summed E-state index contributed by atoms with van der Waals surface area (Å²) in [5.41, 5.74) is 2.27. The van der Waals surface area contributed by atoms with E-state index < -0.39 is 27.9 Å². The molecule has 3 aromatic rings. The molecule has 1 heterocycles. The number of sulfonamides is 1. The maximum atomic E-state index is 13.8. The molecule has 182 valence electrons. The Kier molecular flexibility index (Phi) is 7.14. The predicted octanol–water partition coefficient (Wildman–Crippen LogP) is 5.78. The highest BCUT2D eigenvalue weighted by Crippen LogP contribution is 2.39. The summed E-state index contributed by atoms with van der Waals surface area (Å²) >= 11 is 6.03. The minimum absolute atomic E-state index is 0.00466. The minimum atomic E-state index is -3.95. The van der Waals surface area contributed by atoms with Crippen LogP contribution in [0.2, 0.25) is 5.02 Å². The van der Waals surface area contributed by atoms with E-state index in [2.05, 4.69) is 0 Å². The Morgan fingerprint density at radius 3 is 2.69 bits per heavy atom. The molecule has 1 atom stereocenters. The Bertz CT molecular complexity index is 1410. The van der Waals surface area contributed by atoms with Crippen LogP contribution in [-0.2, 0) is 14.8 Å². The van der Waals surface area contributed by atoms with E-state index in [9.17, 15) is 17.6 Å². The summed E-state index contributed by atoms with van der Waals surface area (Å²) in [7, 11) is -3.95. The number of halogens is 2. The number of aliphatic carboxylic acids is 1. The normalized spacial score (nSPS) is 15.6. The minimum Gasteiger partial charge on any atom is -0.486 e. The lowest BCUT2D eigenvalue weighted by atomic mass is 10.1. The first-order chi connectivity index (χ1) is 16.6. The zero-order chi connectivity index (χ0) is 25.2. The van der Waals surface area contributed by atoms with Crippen molar-refractivity contribution in [1.29, 1.82) is 0 Å². The summed E-state index contributed by atoms with van der Waals surface area (Å²) in [6.07, 6.45) is 2.74. The van der Waals surface area contributed by atoms with Crippen LogP contribution >= 0.6 is 11.6 Å². The van der Waals surface area contributed by atoms with Crippen LogP contribution in [-0.4, -0.2) is 32.1 Å². The molecule has 0 saturated carbocycles. The van der Waals surface area contributed by atoms with Crippen LogP contribution in [0.3, 0.4) is 0 Å². The van der Waals surface area contributed by atoms with E-state index in [0.29, 0.717) is 22.6 Å². The fraction of sp³-hybridized carbons (Fsp3) is 0.192. The lowest BCUT2D eigenvalue weighted by Gasteiger charge is -2.35. The van der Waals surface area contributed by atoms with Crippen molar-refractivity contribution in [3.63, 3.8) is 0 Å². The molecule has 0 unspecified atom stereocenters. The molecule has 0 spiro atoms. The third kappa shape index (κ3) is 5.49. The third-order valence-electron chi connectivity index (χ3n) is 5.61. The van der Waals surface area contributed by atoms with Crippen molar-refractivity contribution in [3.05, 3.63) is 88.2 Å². The van der Waals surface area contributed by atoms with Gasteiger partial charge in [0.2, 0.25) is 0 Å². The maximum Gasteiger partial charge on any atom is 0.303 e. The molecule has 0 amide bonds. The number of hydrogen-bond acceptors (Lipinski definition) is 4. The molecular weight excluding hydrogens is 493 g/mol. The van der Waals surface area contributed by atoms with Gasteiger partial charge in [-0.2, -0.15) is 0 Å². The summed E-state index contributed by atoms with van der Waals surface area (Å²) in [5.74, 6) is -1.18. The average Bonchev–Trinajstić information content (AvgIpc) is 2.83. The van der Waals surface area contributed by atoms with Gasteiger partial charge in [0, 0.05) is 6.42 Å². The number of carboxylic acid groups (broad SMARTS) is 1. The molecule has 0 saturated heterocycles. The number of fused-ring (bicyclic) bond motifs is 1. The Hall–Kier alpha value is -3.36. The Morgan fingerprint density at radius 2 is 1.94 bits per heavy atom. The fourth-order valence-electron chi connectivity index (χ4n) is 3.83. The van der Waals surface area contributed by atoms with Gasteiger partial charge in [0.1, 0.15) is 17.7 Å². The van der Waals surface area contributed by atoms with Gasteiger partial charge in [0.15, 0.2) is 0 Å². The van der Waals surface area contributed by atoms with Gasteiger partial charge in [-0.1, -0.05) is 54.1 Å². The van der Waals surface area contributed by atoms with Crippen LogP contribution in [0.15, 0.2) is 65.6 Å². The van der Waals surface area contributed by atoms with Gasteiger partial charge in [-0.15, -0.1) is 0 Å². The number of anilines is 1. The molecule has 9 heteroatoms. The van der Waals surface area contributed by atoms with Crippen molar-refractivity contribution in [1.82, 2.24) is 0 Å². The van der Waals surface area contributed by atoms with Crippen molar-refractivity contribution in [2.24, 2.45) is 0 Å². The number of carbonyl (C=O) groups is 1. The van der Waals surface area contributed by atoms with Crippen LogP contribution in [0, 0.1) is 12.7 Å². The maximum absolute atomic E-state index is 13.8. The van der Waals surface area contributed by atoms with Crippen molar-refractivity contribution < 1.29 is 27.4 Å². The lowest BCUT2D eigenvalue weighted by Crippen LogP contribution is -2.43. The van der Waals surface area contributed by atoms with Crippen molar-refractivity contribution in [2.45, 2.75) is 30.8 Å². The molecule has 1 aliphatic heterocycles. The average molecular weight is 516 g/mol. The standard InChI is InChI=1S/C26H23ClFNO5S/c1-17-4-2-6-21(14-17)35(32,33)29-16-20(11-13-25(30)31)34-24-12-9-18(15-23(24)29)8-10-19-5-3-7-22(28)26(19)27/h2-10,12,14-15,20H,11,13,16H2,1H3,(H,30,31)/b10-8+/t20-/m0/s1. The zero-order valence-electron chi connectivity index (χ0n) is 18.8. The highest BCUT2D eigenvalue weighted by molar-refractivity contribution is 7.92. The van der Waals surface area contributed by atoms with E-state index >= 15 is 0 Å². The number of aryl methyl sites for hydroxylation is 1. The predicted molar refractivity (Wildman–Crippen MR) is 134 cm³/mol. The molecule has 35 heavy (non-hydrogen) atoms. The Morgan fingerprint density at radius 1 is 1.17 bits per heavy atom. The van der Waals surface area contributed by atoms with Gasteiger partial charge in [-0.05, 0) is 60.4 Å². The number of ether oxygens (including phenoxy) is 1. The van der Waals surface area contributed by atoms with E-state index in [1.54, 1.807) is 54.6 Å². The second-order valence-electron chi connectivity index (χ2n) is 8.23. The summed E-state index contributed by atoms with van der Waals surface area (Å²) in [4.78, 5) is 11.2. The summed E-state index contributed by atoms with van der Waals surface area (Å²) in [6, 6.07) is 16.1. The number of rotatable bonds is 7. The number of carboxylic acids is 1. The van der Waals surface area contributed by atoms with E-state index in [4.69, 9.17) is 21.4 Å². The van der Waals surface area contributed by atoms with Crippen molar-refractivity contribution in [2.75, 3.05) is 10.8 Å². The molecule has 3 aromatic carbocycles. The van der Waals surface area contributed by atoms with E-state index in [0.717, 1.165) is 5.56 Å². The zero-order valence-corrected chi connectivity index (χ0v) is 20.4. The number of hydrogen-bond donors (Lipinski definition) is 1. The van der Waals surface area contributed by atoms with Crippen LogP contribution in [0.1, 0.15) is 29.5 Å². The lowest BCUT2D eigenvalue weighted by molar-refractivity contribution is -0.137. The molecule has 0 radical (unpaired) electrons. The Balaban J connectivity index is 1.74. The van der Waals surface area contributed by atoms with Gasteiger partial charge in [0.25, 0.3) is 10.0 Å². The van der Waals surface area contributed by atoms with E-state index in [-0.39, 0.29) is 29.3 Å². The number of benzene rings is 3. The summed E-state index contributed by atoms with van der Waals surface area (Å²) in [6.45, 7) is 1.78. The fourth-order valence-corrected chi connectivity index (χ4v) is 5.63. The topological polar surface area (TPSA) is 83.9 Å². The van der Waals surface area contributed by atoms with Crippen molar-refractivity contribution >= 4 is 45.4 Å². The van der Waals surface area contributed by atoms with Gasteiger partial charge in [0.05, 0.1) is 22.2 Å². The van der Waals surface area contributed by atoms with Gasteiger partial charge in [-0.25, -0.2) is 12.8 Å². The van der Waals surface area contributed by atoms with Gasteiger partial charge < -0.3 is 9.84 Å². The second kappa shape index (κ2) is 10.1. The highest BCUT2D eigenvalue weighted by Gasteiger charge is 2.34. The van der Waals surface area contributed by atoms with E-state index in [1.165, 1.54) is 16.4 Å². The molecule has 0 fully saturated rings. The smallest absolute Gasteiger partial charge is 0.303 e. The van der Waals surface area contributed by atoms with Crippen LogP contribution in [0.5, 0.6) is 5.75 Å². The second-order valence-corrected chi connectivity index (χ2v) is 10.5. The SMILES string of the molecule is Cc1cccc(S(=O)(=O)N2C[C@H](CCC(=O)O)Oc3ccc(/C=C/c4cccc(F)c4Cl)cc32)c1. The van der Waals surface area contributed by atoms with Crippen molar-refractivity contribution in [3.8, 4) is 5.75 Å². The van der Waals surface area contributed by atoms with Crippen LogP contribution < -0.4 is 9.04 Å². The van der Waals surface area contributed by atoms with Crippen LogP contribution in [0.4, 0.5) is 10.1 Å². The first-order valence-electron chi connectivity index (χ1n) is 10.9. The quantitative estimate of drug-likeness (QED) is 0.403. The highest BCUT2D eigenvalue weighted by atomic mass is 35.5. The van der Waals surface area contributed by atoms with Gasteiger partial charge in [-0.3, -0.25) is 9.10 Å². The first kappa shape index (κ1) is 24.8. The Labute approximate surface area is 208 Å². The molecule has 6 nitrogen and oxygen atoms in total. The molecule has 0 aliphatic carbocycles. The molecule has 0 aromatic heterocycles. The molecule has 4 rings (SSSR count). The molecule has 0 bridgehead atoms. The molecule has 1 N–H and O–H groups in total. The monoisotopic (exact) mass is 515 g/mol. The summed E-state index contributed by atoms with van der Waals surface area (Å²) < 4.78 is 48.2. The molecule has 1 aliphatic rings.